The quantitative estimate of drug-likeness (QED) is 0.340. The highest BCUT2D eigenvalue weighted by Crippen LogP contribution is 2.25. The number of allylic oxidation sites excluding steroid dienone is 2. The van der Waals surface area contributed by atoms with Gasteiger partial charge in [0.2, 0.25) is 5.83 Å². The van der Waals surface area contributed by atoms with Crippen LogP contribution in [0.4, 0.5) is 4.39 Å². The number of hydrogen-bond acceptors (Lipinski definition) is 2. The Labute approximate surface area is 135 Å². The van der Waals surface area contributed by atoms with Crippen molar-refractivity contribution in [3.8, 4) is 5.75 Å². The summed E-state index contributed by atoms with van der Waals surface area (Å²) in [7, 11) is 0. The first-order valence-corrected chi connectivity index (χ1v) is 7.36. The van der Waals surface area contributed by atoms with Gasteiger partial charge in [0.05, 0.1) is 0 Å². The van der Waals surface area contributed by atoms with Crippen LogP contribution < -0.4 is 4.74 Å². The number of ether oxygens (including phenoxy) is 1. The van der Waals surface area contributed by atoms with Crippen LogP contribution in [0.15, 0.2) is 60.4 Å². The molecule has 0 radical (unpaired) electrons. The van der Waals surface area contributed by atoms with Crippen LogP contribution in [-0.2, 0) is 4.79 Å². The fraction of sp³-hybridized carbons (Fsp3) is 0.150. The second-order valence-corrected chi connectivity index (χ2v) is 5.40. The molecule has 0 saturated carbocycles. The van der Waals surface area contributed by atoms with Gasteiger partial charge in [-0.05, 0) is 43.5 Å². The molecular formula is C20H19FO2. The number of rotatable bonds is 4. The van der Waals surface area contributed by atoms with Crippen LogP contribution in [0.25, 0.3) is 6.08 Å². The molecule has 0 saturated heterocycles. The molecule has 0 heterocycles. The van der Waals surface area contributed by atoms with Gasteiger partial charge >= 0.3 is 5.97 Å². The Morgan fingerprint density at radius 1 is 1.04 bits per heavy atom. The molecule has 3 heteroatoms. The van der Waals surface area contributed by atoms with E-state index in [0.717, 1.165) is 28.3 Å². The molecule has 2 nitrogen and oxygen atoms in total. The highest BCUT2D eigenvalue weighted by atomic mass is 19.1. The number of benzene rings is 2. The van der Waals surface area contributed by atoms with Gasteiger partial charge in [0.25, 0.3) is 0 Å². The first-order chi connectivity index (χ1) is 11.0. The van der Waals surface area contributed by atoms with Crippen LogP contribution in [0, 0.1) is 20.8 Å². The minimum atomic E-state index is -0.988. The van der Waals surface area contributed by atoms with E-state index in [1.165, 1.54) is 6.08 Å². The van der Waals surface area contributed by atoms with E-state index in [2.05, 4.69) is 0 Å². The summed E-state index contributed by atoms with van der Waals surface area (Å²) in [5, 5.41) is 0. The van der Waals surface area contributed by atoms with Crippen molar-refractivity contribution in [3.05, 3.63) is 82.7 Å². The third-order valence-electron chi connectivity index (χ3n) is 3.33. The molecule has 0 atom stereocenters. The molecule has 118 valence electrons. The number of carbonyl (C=O) groups is 1. The summed E-state index contributed by atoms with van der Waals surface area (Å²) >= 11 is 0. The van der Waals surface area contributed by atoms with Gasteiger partial charge in [-0.3, -0.25) is 0 Å². The third kappa shape index (κ3) is 4.65. The topological polar surface area (TPSA) is 26.3 Å². The SMILES string of the molecule is Cc1cc(C)c(OC(=O)/C(F)=C/C=C/c2ccccc2)c(C)c1. The van der Waals surface area contributed by atoms with Crippen molar-refractivity contribution in [1.82, 2.24) is 0 Å². The van der Waals surface area contributed by atoms with Crippen LogP contribution in [-0.4, -0.2) is 5.97 Å². The van der Waals surface area contributed by atoms with E-state index in [0.29, 0.717) is 5.75 Å². The maximum Gasteiger partial charge on any atom is 0.372 e. The van der Waals surface area contributed by atoms with E-state index in [-0.39, 0.29) is 0 Å². The Morgan fingerprint density at radius 2 is 1.65 bits per heavy atom. The molecule has 2 rings (SSSR count). The Kier molecular flexibility index (Phi) is 5.47. The minimum Gasteiger partial charge on any atom is -0.421 e. The summed E-state index contributed by atoms with van der Waals surface area (Å²) < 4.78 is 19.0. The van der Waals surface area contributed by atoms with Crippen molar-refractivity contribution in [2.75, 3.05) is 0 Å². The van der Waals surface area contributed by atoms with E-state index in [4.69, 9.17) is 4.74 Å². The molecule has 0 aliphatic rings. The molecule has 0 aliphatic heterocycles. The summed E-state index contributed by atoms with van der Waals surface area (Å²) in [4.78, 5) is 11.8. The first kappa shape index (κ1) is 16.7. The monoisotopic (exact) mass is 310 g/mol. The Morgan fingerprint density at radius 3 is 2.26 bits per heavy atom. The highest BCUT2D eigenvalue weighted by molar-refractivity contribution is 5.88. The van der Waals surface area contributed by atoms with E-state index in [1.54, 1.807) is 6.08 Å². The molecule has 2 aromatic carbocycles. The summed E-state index contributed by atoms with van der Waals surface area (Å²) in [5.41, 5.74) is 3.61. The second kappa shape index (κ2) is 7.54. The zero-order valence-corrected chi connectivity index (χ0v) is 13.5. The maximum atomic E-state index is 13.9. The molecule has 0 amide bonds. The zero-order valence-electron chi connectivity index (χ0n) is 13.5. The van der Waals surface area contributed by atoms with E-state index in [1.807, 2.05) is 63.2 Å². The Hall–Kier alpha value is -2.68. The van der Waals surface area contributed by atoms with Crippen LogP contribution in [0.3, 0.4) is 0 Å². The predicted molar refractivity (Wildman–Crippen MR) is 91.0 cm³/mol. The molecule has 0 spiro atoms. The fourth-order valence-electron chi connectivity index (χ4n) is 2.35. The van der Waals surface area contributed by atoms with Crippen molar-refractivity contribution in [2.45, 2.75) is 20.8 Å². The molecule has 2 aromatic rings. The second-order valence-electron chi connectivity index (χ2n) is 5.40. The lowest BCUT2D eigenvalue weighted by Gasteiger charge is -2.10. The molecule has 0 aromatic heterocycles. The van der Waals surface area contributed by atoms with Gasteiger partial charge in [0.1, 0.15) is 5.75 Å². The smallest absolute Gasteiger partial charge is 0.372 e. The number of aryl methyl sites for hydroxylation is 3. The van der Waals surface area contributed by atoms with E-state index < -0.39 is 11.8 Å². The summed E-state index contributed by atoms with van der Waals surface area (Å²) in [6, 6.07) is 13.2. The van der Waals surface area contributed by atoms with Crippen molar-refractivity contribution >= 4 is 12.0 Å². The summed E-state index contributed by atoms with van der Waals surface area (Å²) in [6.45, 7) is 5.62. The van der Waals surface area contributed by atoms with Crippen LogP contribution in [0.2, 0.25) is 0 Å². The summed E-state index contributed by atoms with van der Waals surface area (Å²) in [5.74, 6) is -1.51. The zero-order chi connectivity index (χ0) is 16.8. The lowest BCUT2D eigenvalue weighted by Crippen LogP contribution is -2.10. The molecule has 0 N–H and O–H groups in total. The largest absolute Gasteiger partial charge is 0.421 e. The third-order valence-corrected chi connectivity index (χ3v) is 3.33. The van der Waals surface area contributed by atoms with E-state index in [9.17, 15) is 9.18 Å². The number of esters is 1. The predicted octanol–water partition coefficient (Wildman–Crippen LogP) is 5.08. The van der Waals surface area contributed by atoms with Crippen molar-refractivity contribution in [3.63, 3.8) is 0 Å². The van der Waals surface area contributed by atoms with Crippen molar-refractivity contribution in [1.29, 1.82) is 0 Å². The Balaban J connectivity index is 2.08. The van der Waals surface area contributed by atoms with Gasteiger partial charge in [-0.15, -0.1) is 0 Å². The Bertz CT molecular complexity index is 735. The number of hydrogen-bond donors (Lipinski definition) is 0. The van der Waals surface area contributed by atoms with Gasteiger partial charge in [-0.2, -0.15) is 4.39 Å². The first-order valence-electron chi connectivity index (χ1n) is 7.36. The fourth-order valence-corrected chi connectivity index (χ4v) is 2.35. The van der Waals surface area contributed by atoms with Crippen LogP contribution in [0.1, 0.15) is 22.3 Å². The maximum absolute atomic E-state index is 13.9. The van der Waals surface area contributed by atoms with Crippen molar-refractivity contribution in [2.24, 2.45) is 0 Å². The van der Waals surface area contributed by atoms with Gasteiger partial charge in [0, 0.05) is 0 Å². The van der Waals surface area contributed by atoms with Gasteiger partial charge in [-0.25, -0.2) is 4.79 Å². The lowest BCUT2D eigenvalue weighted by molar-refractivity contribution is -0.131. The molecule has 0 fully saturated rings. The molecule has 0 unspecified atom stereocenters. The molecule has 0 bridgehead atoms. The molecule has 23 heavy (non-hydrogen) atoms. The van der Waals surface area contributed by atoms with Gasteiger partial charge in [-0.1, -0.05) is 60.2 Å². The standard InChI is InChI=1S/C20H19FO2/c1-14-12-15(2)19(16(3)13-14)23-20(22)18(21)11-7-10-17-8-5-4-6-9-17/h4-13H,1-3H3/b10-7+,18-11-. The molecular weight excluding hydrogens is 291 g/mol. The average molecular weight is 310 g/mol. The van der Waals surface area contributed by atoms with Gasteiger partial charge < -0.3 is 4.74 Å². The van der Waals surface area contributed by atoms with Gasteiger partial charge in [0.15, 0.2) is 0 Å². The summed E-state index contributed by atoms with van der Waals surface area (Å²) in [6.07, 6.45) is 4.31. The lowest BCUT2D eigenvalue weighted by atomic mass is 10.1. The average Bonchev–Trinajstić information content (AvgIpc) is 2.51. The van der Waals surface area contributed by atoms with Crippen LogP contribution in [0.5, 0.6) is 5.75 Å². The highest BCUT2D eigenvalue weighted by Gasteiger charge is 2.14. The van der Waals surface area contributed by atoms with Crippen LogP contribution >= 0.6 is 0 Å². The normalized spacial score (nSPS) is 11.7. The minimum absolute atomic E-state index is 0.413. The number of halogens is 1. The number of carbonyl (C=O) groups excluding carboxylic acids is 1. The van der Waals surface area contributed by atoms with Crippen molar-refractivity contribution < 1.29 is 13.9 Å². The van der Waals surface area contributed by atoms with E-state index >= 15 is 0 Å². The molecule has 0 aliphatic carbocycles.